The van der Waals surface area contributed by atoms with Crippen molar-refractivity contribution >= 4 is 0 Å². The zero-order chi connectivity index (χ0) is 18.5. The first-order chi connectivity index (χ1) is 12.8. The van der Waals surface area contributed by atoms with Crippen LogP contribution in [0.1, 0.15) is 61.5 Å². The summed E-state index contributed by atoms with van der Waals surface area (Å²) in [5, 5.41) is 18.2. The summed E-state index contributed by atoms with van der Waals surface area (Å²) in [6, 6.07) is 21.3. The molecule has 2 nitrogen and oxygen atoms in total. The lowest BCUT2D eigenvalue weighted by Crippen LogP contribution is -2.00. The topological polar surface area (TPSA) is 40.5 Å². The van der Waals surface area contributed by atoms with Crippen molar-refractivity contribution in [3.05, 3.63) is 83.9 Å². The monoisotopic (exact) mass is 352 g/mol. The van der Waals surface area contributed by atoms with Crippen LogP contribution in [-0.2, 0) is 0 Å². The molecule has 0 aliphatic heterocycles. The van der Waals surface area contributed by atoms with Crippen molar-refractivity contribution in [3.8, 4) is 0 Å². The predicted octanol–water partition coefficient (Wildman–Crippen LogP) is 5.44. The first-order valence-electron chi connectivity index (χ1n) is 9.85. The third-order valence-corrected chi connectivity index (χ3v) is 4.88. The molecule has 2 atom stereocenters. The molecule has 0 heterocycles. The van der Waals surface area contributed by atoms with Crippen LogP contribution in [0.25, 0.3) is 0 Å². The summed E-state index contributed by atoms with van der Waals surface area (Å²) >= 11 is 0. The van der Waals surface area contributed by atoms with E-state index in [1.165, 1.54) is 11.1 Å². The molecule has 0 aromatic heterocycles. The minimum atomic E-state index is 0.263. The van der Waals surface area contributed by atoms with Gasteiger partial charge in [0.2, 0.25) is 0 Å². The van der Waals surface area contributed by atoms with Gasteiger partial charge in [-0.3, -0.25) is 0 Å². The Balaban J connectivity index is 2.13. The van der Waals surface area contributed by atoms with Crippen molar-refractivity contribution in [3.63, 3.8) is 0 Å². The number of hydrogen-bond donors (Lipinski definition) is 2. The van der Waals surface area contributed by atoms with E-state index in [9.17, 15) is 0 Å². The molecule has 2 unspecified atom stereocenters. The minimum absolute atomic E-state index is 0.263. The highest BCUT2D eigenvalue weighted by Gasteiger charge is 2.11. The highest BCUT2D eigenvalue weighted by molar-refractivity contribution is 5.28. The Morgan fingerprint density at radius 3 is 1.31 bits per heavy atom. The van der Waals surface area contributed by atoms with E-state index in [1.807, 2.05) is 0 Å². The maximum absolute atomic E-state index is 9.10. The van der Waals surface area contributed by atoms with E-state index in [2.05, 4.69) is 72.8 Å². The Hall–Kier alpha value is -1.90. The number of rotatable bonds is 12. The molecule has 0 saturated carbocycles. The third kappa shape index (κ3) is 7.15. The van der Waals surface area contributed by atoms with Crippen molar-refractivity contribution in [2.75, 3.05) is 13.2 Å². The summed E-state index contributed by atoms with van der Waals surface area (Å²) in [6.07, 6.45) is 10.6. The standard InChI is InChI=1S/C24H32O2/c25-19-9-7-15-23(21-11-3-1-4-12-21)17-18-24(16-8-10-20-26)22-13-5-2-6-14-22/h1-6,11-14,17-18,23-26H,7-10,15-16,19-20H2. The fourth-order valence-corrected chi connectivity index (χ4v) is 3.37. The quantitative estimate of drug-likeness (QED) is 0.395. The molecule has 2 aromatic carbocycles. The van der Waals surface area contributed by atoms with Gasteiger partial charge in [0.25, 0.3) is 0 Å². The van der Waals surface area contributed by atoms with Gasteiger partial charge < -0.3 is 10.2 Å². The van der Waals surface area contributed by atoms with Gasteiger partial charge in [-0.2, -0.15) is 0 Å². The average molecular weight is 353 g/mol. The Labute approximate surface area is 158 Å². The van der Waals surface area contributed by atoms with Gasteiger partial charge in [0.05, 0.1) is 0 Å². The largest absolute Gasteiger partial charge is 0.396 e. The molecule has 0 bridgehead atoms. The van der Waals surface area contributed by atoms with Gasteiger partial charge in [-0.1, -0.05) is 85.7 Å². The fourth-order valence-electron chi connectivity index (χ4n) is 3.37. The first-order valence-corrected chi connectivity index (χ1v) is 9.85. The lowest BCUT2D eigenvalue weighted by molar-refractivity contribution is 0.281. The summed E-state index contributed by atoms with van der Waals surface area (Å²) in [7, 11) is 0. The SMILES string of the molecule is OCCCCC(C=CC(CCCCO)c1ccccc1)c1ccccc1. The van der Waals surface area contributed by atoms with Gasteiger partial charge >= 0.3 is 0 Å². The van der Waals surface area contributed by atoms with Crippen LogP contribution in [0, 0.1) is 0 Å². The summed E-state index contributed by atoms with van der Waals surface area (Å²) in [5.41, 5.74) is 2.67. The van der Waals surface area contributed by atoms with E-state index < -0.39 is 0 Å². The zero-order valence-electron chi connectivity index (χ0n) is 15.6. The Bertz CT molecular complexity index is 551. The molecule has 0 radical (unpaired) electrons. The van der Waals surface area contributed by atoms with E-state index in [0.29, 0.717) is 11.8 Å². The summed E-state index contributed by atoms with van der Waals surface area (Å²) in [6.45, 7) is 0.526. The van der Waals surface area contributed by atoms with Crippen LogP contribution in [0.4, 0.5) is 0 Å². The Morgan fingerprint density at radius 2 is 0.962 bits per heavy atom. The number of unbranched alkanes of at least 4 members (excludes halogenated alkanes) is 2. The number of hydrogen-bond acceptors (Lipinski definition) is 2. The van der Waals surface area contributed by atoms with E-state index in [4.69, 9.17) is 10.2 Å². The molecule has 0 spiro atoms. The molecular formula is C24H32O2. The van der Waals surface area contributed by atoms with Crippen molar-refractivity contribution < 1.29 is 10.2 Å². The molecule has 2 heteroatoms. The van der Waals surface area contributed by atoms with Crippen molar-refractivity contribution in [1.29, 1.82) is 0 Å². The predicted molar refractivity (Wildman–Crippen MR) is 109 cm³/mol. The second-order valence-electron chi connectivity index (χ2n) is 6.86. The van der Waals surface area contributed by atoms with Crippen LogP contribution < -0.4 is 0 Å². The molecule has 0 saturated heterocycles. The molecular weight excluding hydrogens is 320 g/mol. The molecule has 140 valence electrons. The third-order valence-electron chi connectivity index (χ3n) is 4.88. The number of allylic oxidation sites excluding steroid dienone is 2. The summed E-state index contributed by atoms with van der Waals surface area (Å²) < 4.78 is 0. The van der Waals surface area contributed by atoms with Gasteiger partial charge in [0, 0.05) is 25.0 Å². The summed E-state index contributed by atoms with van der Waals surface area (Å²) in [4.78, 5) is 0. The van der Waals surface area contributed by atoms with Gasteiger partial charge in [-0.25, -0.2) is 0 Å². The zero-order valence-corrected chi connectivity index (χ0v) is 15.6. The van der Waals surface area contributed by atoms with E-state index in [0.717, 1.165) is 38.5 Å². The minimum Gasteiger partial charge on any atom is -0.396 e. The lowest BCUT2D eigenvalue weighted by Gasteiger charge is -2.17. The van der Waals surface area contributed by atoms with Gasteiger partial charge in [0.15, 0.2) is 0 Å². The molecule has 0 aliphatic carbocycles. The second-order valence-corrected chi connectivity index (χ2v) is 6.86. The van der Waals surface area contributed by atoms with Gasteiger partial charge in [-0.05, 0) is 36.8 Å². The Kier molecular flexibility index (Phi) is 9.78. The first kappa shape index (κ1) is 20.4. The average Bonchev–Trinajstić information content (AvgIpc) is 2.70. The molecule has 2 N–H and O–H groups in total. The normalized spacial score (nSPS) is 13.8. The number of aliphatic hydroxyl groups is 2. The van der Waals surface area contributed by atoms with Crippen LogP contribution >= 0.6 is 0 Å². The van der Waals surface area contributed by atoms with Crippen molar-refractivity contribution in [1.82, 2.24) is 0 Å². The van der Waals surface area contributed by atoms with Crippen LogP contribution in [0.15, 0.2) is 72.8 Å². The van der Waals surface area contributed by atoms with Crippen LogP contribution in [-0.4, -0.2) is 23.4 Å². The van der Waals surface area contributed by atoms with E-state index >= 15 is 0 Å². The molecule has 0 fully saturated rings. The lowest BCUT2D eigenvalue weighted by atomic mass is 9.88. The van der Waals surface area contributed by atoms with E-state index in [-0.39, 0.29) is 13.2 Å². The van der Waals surface area contributed by atoms with Crippen molar-refractivity contribution in [2.45, 2.75) is 50.4 Å². The Morgan fingerprint density at radius 1 is 0.577 bits per heavy atom. The van der Waals surface area contributed by atoms with Crippen molar-refractivity contribution in [2.24, 2.45) is 0 Å². The summed E-state index contributed by atoms with van der Waals surface area (Å²) in [5.74, 6) is 0.763. The highest BCUT2D eigenvalue weighted by atomic mass is 16.3. The fraction of sp³-hybridized carbons (Fsp3) is 0.417. The number of aliphatic hydroxyl groups excluding tert-OH is 2. The molecule has 0 aliphatic rings. The molecule has 0 amide bonds. The maximum atomic E-state index is 9.10. The number of benzene rings is 2. The van der Waals surface area contributed by atoms with Gasteiger partial charge in [-0.15, -0.1) is 0 Å². The smallest absolute Gasteiger partial charge is 0.0431 e. The van der Waals surface area contributed by atoms with Gasteiger partial charge in [0.1, 0.15) is 0 Å². The van der Waals surface area contributed by atoms with E-state index in [1.54, 1.807) is 0 Å². The maximum Gasteiger partial charge on any atom is 0.0431 e. The molecule has 26 heavy (non-hydrogen) atoms. The highest BCUT2D eigenvalue weighted by Crippen LogP contribution is 2.28. The van der Waals surface area contributed by atoms with Crippen LogP contribution in [0.3, 0.4) is 0 Å². The van der Waals surface area contributed by atoms with Crippen LogP contribution in [0.5, 0.6) is 0 Å². The second kappa shape index (κ2) is 12.5. The molecule has 2 aromatic rings. The molecule has 2 rings (SSSR count). The van der Waals surface area contributed by atoms with Crippen LogP contribution in [0.2, 0.25) is 0 Å².